The maximum atomic E-state index is 9.71. The van der Waals surface area contributed by atoms with Crippen molar-refractivity contribution in [2.45, 2.75) is 31.8 Å². The van der Waals surface area contributed by atoms with E-state index < -0.39 is 0 Å². The molecular formula is C15H20N4O. The minimum Gasteiger partial charge on any atom is -0.399 e. The van der Waals surface area contributed by atoms with Gasteiger partial charge in [0.2, 0.25) is 0 Å². The van der Waals surface area contributed by atoms with Crippen molar-refractivity contribution in [2.24, 2.45) is 5.92 Å². The molecule has 1 aliphatic carbocycles. The molecule has 106 valence electrons. The van der Waals surface area contributed by atoms with Crippen molar-refractivity contribution in [1.82, 2.24) is 9.97 Å². The molecule has 5 nitrogen and oxygen atoms in total. The van der Waals surface area contributed by atoms with E-state index in [0.29, 0.717) is 11.6 Å². The van der Waals surface area contributed by atoms with Gasteiger partial charge >= 0.3 is 0 Å². The van der Waals surface area contributed by atoms with E-state index in [2.05, 4.69) is 15.3 Å². The van der Waals surface area contributed by atoms with Crippen LogP contribution in [0.3, 0.4) is 0 Å². The molecule has 1 saturated carbocycles. The number of hydrogen-bond donors (Lipinski definition) is 3. The summed E-state index contributed by atoms with van der Waals surface area (Å²) < 4.78 is 0. The number of nitrogen functional groups attached to an aromatic ring is 1. The quantitative estimate of drug-likeness (QED) is 0.746. The first-order valence-corrected chi connectivity index (χ1v) is 7.14. The van der Waals surface area contributed by atoms with Crippen LogP contribution < -0.4 is 11.1 Å². The third kappa shape index (κ3) is 2.82. The molecule has 1 fully saturated rings. The first-order valence-electron chi connectivity index (χ1n) is 7.14. The van der Waals surface area contributed by atoms with E-state index in [1.807, 2.05) is 18.2 Å². The average molecular weight is 272 g/mol. The van der Waals surface area contributed by atoms with Crippen LogP contribution in [0, 0.1) is 5.92 Å². The van der Waals surface area contributed by atoms with Crippen molar-refractivity contribution in [3.8, 4) is 0 Å². The number of aliphatic hydroxyl groups excluding tert-OH is 1. The maximum Gasteiger partial charge on any atom is 0.137 e. The first kappa shape index (κ1) is 13.1. The number of fused-ring (bicyclic) bond motifs is 1. The van der Waals surface area contributed by atoms with E-state index in [-0.39, 0.29) is 6.10 Å². The molecule has 2 atom stereocenters. The number of anilines is 2. The summed E-state index contributed by atoms with van der Waals surface area (Å²) in [6.07, 6.45) is 5.50. The van der Waals surface area contributed by atoms with Crippen molar-refractivity contribution >= 4 is 22.4 Å². The fourth-order valence-electron chi connectivity index (χ4n) is 2.90. The van der Waals surface area contributed by atoms with E-state index in [0.717, 1.165) is 42.5 Å². The van der Waals surface area contributed by atoms with Crippen LogP contribution in [-0.2, 0) is 0 Å². The van der Waals surface area contributed by atoms with E-state index in [1.165, 1.54) is 6.42 Å². The van der Waals surface area contributed by atoms with Crippen LogP contribution in [0.15, 0.2) is 24.5 Å². The molecule has 1 aromatic carbocycles. The summed E-state index contributed by atoms with van der Waals surface area (Å²) in [6, 6.07) is 5.66. The van der Waals surface area contributed by atoms with E-state index in [9.17, 15) is 5.11 Å². The number of aromatic nitrogens is 2. The van der Waals surface area contributed by atoms with Crippen molar-refractivity contribution in [1.29, 1.82) is 0 Å². The van der Waals surface area contributed by atoms with Crippen molar-refractivity contribution < 1.29 is 5.11 Å². The maximum absolute atomic E-state index is 9.71. The first-order chi connectivity index (χ1) is 9.72. The van der Waals surface area contributed by atoms with Gasteiger partial charge in [0, 0.05) is 17.6 Å². The highest BCUT2D eigenvalue weighted by Gasteiger charge is 2.20. The molecule has 0 radical (unpaired) electrons. The largest absolute Gasteiger partial charge is 0.399 e. The number of rotatable bonds is 3. The van der Waals surface area contributed by atoms with Gasteiger partial charge in [-0.2, -0.15) is 0 Å². The number of hydrogen-bond acceptors (Lipinski definition) is 5. The molecule has 5 heteroatoms. The summed E-state index contributed by atoms with van der Waals surface area (Å²) >= 11 is 0. The summed E-state index contributed by atoms with van der Waals surface area (Å²) in [7, 11) is 0. The van der Waals surface area contributed by atoms with E-state index in [1.54, 1.807) is 6.33 Å². The summed E-state index contributed by atoms with van der Waals surface area (Å²) in [5.41, 5.74) is 7.33. The third-order valence-electron chi connectivity index (χ3n) is 3.97. The van der Waals surface area contributed by atoms with Crippen LogP contribution in [-0.4, -0.2) is 27.7 Å². The monoisotopic (exact) mass is 272 g/mol. The van der Waals surface area contributed by atoms with Crippen molar-refractivity contribution in [3.63, 3.8) is 0 Å². The van der Waals surface area contributed by atoms with Gasteiger partial charge in [-0.15, -0.1) is 0 Å². The van der Waals surface area contributed by atoms with Gasteiger partial charge in [0.05, 0.1) is 11.6 Å². The molecule has 1 heterocycles. The predicted molar refractivity (Wildman–Crippen MR) is 80.4 cm³/mol. The Morgan fingerprint density at radius 2 is 2.20 bits per heavy atom. The van der Waals surface area contributed by atoms with Gasteiger partial charge in [0.25, 0.3) is 0 Å². The zero-order chi connectivity index (χ0) is 13.9. The summed E-state index contributed by atoms with van der Waals surface area (Å²) in [5, 5.41) is 14.1. The lowest BCUT2D eigenvalue weighted by Gasteiger charge is -2.26. The Bertz CT molecular complexity index is 601. The molecule has 2 aromatic rings. The van der Waals surface area contributed by atoms with E-state index in [4.69, 9.17) is 5.73 Å². The highest BCUT2D eigenvalue weighted by Crippen LogP contribution is 2.26. The molecule has 4 N–H and O–H groups in total. The summed E-state index contributed by atoms with van der Waals surface area (Å²) in [4.78, 5) is 8.55. The lowest BCUT2D eigenvalue weighted by molar-refractivity contribution is 0.104. The highest BCUT2D eigenvalue weighted by molar-refractivity contribution is 5.90. The second-order valence-corrected chi connectivity index (χ2v) is 5.57. The zero-order valence-electron chi connectivity index (χ0n) is 11.4. The Balaban J connectivity index is 1.74. The Kier molecular flexibility index (Phi) is 3.69. The SMILES string of the molecule is Nc1ccc2c(NCC3CCCC(O)C3)ncnc2c1. The number of nitrogens with one attached hydrogen (secondary N) is 1. The molecule has 0 saturated heterocycles. The van der Waals surface area contributed by atoms with Gasteiger partial charge in [0.1, 0.15) is 12.1 Å². The fourth-order valence-corrected chi connectivity index (χ4v) is 2.90. The molecular weight excluding hydrogens is 252 g/mol. The number of nitrogens with zero attached hydrogens (tertiary/aromatic N) is 2. The van der Waals surface area contributed by atoms with Gasteiger partial charge in [0.15, 0.2) is 0 Å². The Morgan fingerprint density at radius 3 is 3.05 bits per heavy atom. The molecule has 3 rings (SSSR count). The standard InChI is InChI=1S/C15H20N4O/c16-11-4-5-13-14(7-11)18-9-19-15(13)17-8-10-2-1-3-12(20)6-10/h4-5,7,9-10,12,20H,1-3,6,8,16H2,(H,17,18,19). The molecule has 20 heavy (non-hydrogen) atoms. The summed E-state index contributed by atoms with van der Waals surface area (Å²) in [6.45, 7) is 0.841. The van der Waals surface area contributed by atoms with Crippen LogP contribution in [0.25, 0.3) is 10.9 Å². The molecule has 0 aliphatic heterocycles. The van der Waals surface area contributed by atoms with Crippen molar-refractivity contribution in [3.05, 3.63) is 24.5 Å². The smallest absolute Gasteiger partial charge is 0.137 e. The molecule has 1 aromatic heterocycles. The molecule has 1 aliphatic rings. The third-order valence-corrected chi connectivity index (χ3v) is 3.97. The topological polar surface area (TPSA) is 84.1 Å². The van der Waals surface area contributed by atoms with E-state index >= 15 is 0 Å². The van der Waals surface area contributed by atoms with Gasteiger partial charge in [-0.25, -0.2) is 9.97 Å². The Hall–Kier alpha value is -1.88. The van der Waals surface area contributed by atoms with Crippen LogP contribution >= 0.6 is 0 Å². The Labute approximate surface area is 118 Å². The van der Waals surface area contributed by atoms with Crippen LogP contribution in [0.1, 0.15) is 25.7 Å². The van der Waals surface area contributed by atoms with Gasteiger partial charge < -0.3 is 16.2 Å². The van der Waals surface area contributed by atoms with Crippen LogP contribution in [0.4, 0.5) is 11.5 Å². The lowest BCUT2D eigenvalue weighted by Crippen LogP contribution is -2.25. The predicted octanol–water partition coefficient (Wildman–Crippen LogP) is 2.17. The Morgan fingerprint density at radius 1 is 1.30 bits per heavy atom. The number of benzene rings is 1. The summed E-state index contributed by atoms with van der Waals surface area (Å²) in [5.74, 6) is 1.35. The molecule has 2 unspecified atom stereocenters. The molecule has 0 amide bonds. The molecule has 0 bridgehead atoms. The van der Waals surface area contributed by atoms with Gasteiger partial charge in [-0.3, -0.25) is 0 Å². The number of nitrogens with two attached hydrogens (primary N) is 1. The zero-order valence-corrected chi connectivity index (χ0v) is 11.4. The number of aliphatic hydroxyl groups is 1. The highest BCUT2D eigenvalue weighted by atomic mass is 16.3. The van der Waals surface area contributed by atoms with Crippen LogP contribution in [0.5, 0.6) is 0 Å². The second kappa shape index (κ2) is 5.63. The average Bonchev–Trinajstić information content (AvgIpc) is 2.44. The lowest BCUT2D eigenvalue weighted by atomic mass is 9.87. The van der Waals surface area contributed by atoms with Gasteiger partial charge in [-0.1, -0.05) is 6.42 Å². The van der Waals surface area contributed by atoms with Crippen molar-refractivity contribution in [2.75, 3.05) is 17.6 Å². The second-order valence-electron chi connectivity index (χ2n) is 5.57. The fraction of sp³-hybridized carbons (Fsp3) is 0.467. The van der Waals surface area contributed by atoms with Gasteiger partial charge in [-0.05, 0) is 43.4 Å². The minimum atomic E-state index is -0.141. The van der Waals surface area contributed by atoms with Crippen LogP contribution in [0.2, 0.25) is 0 Å². The molecule has 0 spiro atoms. The normalized spacial score (nSPS) is 22.9. The minimum absolute atomic E-state index is 0.141.